The summed E-state index contributed by atoms with van der Waals surface area (Å²) in [5.41, 5.74) is 7.15. The maximum absolute atomic E-state index is 5.84. The number of benzene rings is 1. The number of rotatable bonds is 2. The predicted octanol–water partition coefficient (Wildman–Crippen LogP) is 2.29. The zero-order chi connectivity index (χ0) is 9.97. The van der Waals surface area contributed by atoms with Gasteiger partial charge in [0.2, 0.25) is 0 Å². The lowest BCUT2D eigenvalue weighted by Crippen LogP contribution is -2.26. The Balaban J connectivity index is 0.00000112. The molecular formula is C11H16Cl2N2. The molecule has 1 aliphatic rings. The van der Waals surface area contributed by atoms with Crippen LogP contribution in [0.3, 0.4) is 0 Å². The van der Waals surface area contributed by atoms with Crippen molar-refractivity contribution in [2.24, 2.45) is 5.73 Å². The fourth-order valence-electron chi connectivity index (χ4n) is 1.85. The van der Waals surface area contributed by atoms with Crippen LogP contribution in [0.25, 0.3) is 0 Å². The molecule has 0 unspecified atom stereocenters. The van der Waals surface area contributed by atoms with Gasteiger partial charge in [0.25, 0.3) is 0 Å². The summed E-state index contributed by atoms with van der Waals surface area (Å²) in [6, 6.07) is 8.39. The second-order valence-corrected chi connectivity index (χ2v) is 4.35. The van der Waals surface area contributed by atoms with Crippen LogP contribution in [0, 0.1) is 0 Å². The first-order chi connectivity index (χ1) is 6.74. The van der Waals surface area contributed by atoms with Gasteiger partial charge < -0.3 is 5.73 Å². The van der Waals surface area contributed by atoms with E-state index < -0.39 is 0 Å². The van der Waals surface area contributed by atoms with E-state index in [1.54, 1.807) is 0 Å². The van der Waals surface area contributed by atoms with Crippen molar-refractivity contribution in [1.82, 2.24) is 4.90 Å². The van der Waals surface area contributed by atoms with Gasteiger partial charge in [0.05, 0.1) is 0 Å². The highest BCUT2D eigenvalue weighted by atomic mass is 35.5. The van der Waals surface area contributed by atoms with Crippen LogP contribution in [0.5, 0.6) is 0 Å². The van der Waals surface area contributed by atoms with E-state index in [2.05, 4.69) is 17.0 Å². The van der Waals surface area contributed by atoms with E-state index in [0.717, 1.165) is 31.1 Å². The number of nitrogens with zero attached hydrogens (tertiary/aromatic N) is 1. The molecule has 1 aromatic rings. The molecule has 84 valence electrons. The Hall–Kier alpha value is -0.280. The highest BCUT2D eigenvalue weighted by Crippen LogP contribution is 2.14. The Kier molecular flexibility index (Phi) is 4.87. The molecule has 0 radical (unpaired) electrons. The van der Waals surface area contributed by atoms with Crippen molar-refractivity contribution in [1.29, 1.82) is 0 Å². The molecule has 1 saturated heterocycles. The number of halogens is 2. The van der Waals surface area contributed by atoms with Gasteiger partial charge in [-0.2, -0.15) is 0 Å². The van der Waals surface area contributed by atoms with Crippen LogP contribution in [-0.2, 0) is 6.54 Å². The molecule has 4 heteroatoms. The minimum absolute atomic E-state index is 0. The Morgan fingerprint density at radius 1 is 1.33 bits per heavy atom. The van der Waals surface area contributed by atoms with Crippen LogP contribution in [-0.4, -0.2) is 24.0 Å². The molecule has 1 aliphatic heterocycles. The van der Waals surface area contributed by atoms with Crippen LogP contribution in [0.2, 0.25) is 5.02 Å². The van der Waals surface area contributed by atoms with E-state index >= 15 is 0 Å². The molecule has 15 heavy (non-hydrogen) atoms. The number of nitrogens with two attached hydrogens (primary N) is 1. The van der Waals surface area contributed by atoms with Crippen LogP contribution in [0.4, 0.5) is 0 Å². The topological polar surface area (TPSA) is 29.3 Å². The predicted molar refractivity (Wildman–Crippen MR) is 66.6 cm³/mol. The molecule has 2 rings (SSSR count). The molecule has 1 aromatic carbocycles. The minimum Gasteiger partial charge on any atom is -0.326 e. The SMILES string of the molecule is Cl.N[C@H]1CCN(Cc2ccc(Cl)cc2)C1. The zero-order valence-electron chi connectivity index (χ0n) is 8.53. The Morgan fingerprint density at radius 3 is 2.53 bits per heavy atom. The summed E-state index contributed by atoms with van der Waals surface area (Å²) < 4.78 is 0. The molecule has 0 bridgehead atoms. The fraction of sp³-hybridized carbons (Fsp3) is 0.455. The summed E-state index contributed by atoms with van der Waals surface area (Å²) in [6.45, 7) is 3.12. The van der Waals surface area contributed by atoms with Gasteiger partial charge in [-0.15, -0.1) is 12.4 Å². The minimum atomic E-state index is 0. The quantitative estimate of drug-likeness (QED) is 0.868. The van der Waals surface area contributed by atoms with Crippen LogP contribution in [0.1, 0.15) is 12.0 Å². The van der Waals surface area contributed by atoms with Crippen molar-refractivity contribution in [2.75, 3.05) is 13.1 Å². The molecule has 2 N–H and O–H groups in total. The highest BCUT2D eigenvalue weighted by molar-refractivity contribution is 6.30. The Morgan fingerprint density at radius 2 is 2.00 bits per heavy atom. The van der Waals surface area contributed by atoms with Crippen LogP contribution >= 0.6 is 24.0 Å². The average Bonchev–Trinajstić information content (AvgIpc) is 2.56. The van der Waals surface area contributed by atoms with Gasteiger partial charge in [-0.25, -0.2) is 0 Å². The lowest BCUT2D eigenvalue weighted by atomic mass is 10.2. The van der Waals surface area contributed by atoms with Crippen molar-refractivity contribution < 1.29 is 0 Å². The maximum Gasteiger partial charge on any atom is 0.0406 e. The van der Waals surface area contributed by atoms with Crippen LogP contribution in [0.15, 0.2) is 24.3 Å². The maximum atomic E-state index is 5.84. The fourth-order valence-corrected chi connectivity index (χ4v) is 1.98. The standard InChI is InChI=1S/C11H15ClN2.ClH/c12-10-3-1-9(2-4-10)7-14-6-5-11(13)8-14;/h1-4,11H,5-8,13H2;1H/t11-;/m0./s1. The third-order valence-electron chi connectivity index (χ3n) is 2.63. The van der Waals surface area contributed by atoms with E-state index in [4.69, 9.17) is 17.3 Å². The molecule has 1 heterocycles. The van der Waals surface area contributed by atoms with Crippen LogP contribution < -0.4 is 5.73 Å². The number of hydrogen-bond donors (Lipinski definition) is 1. The first-order valence-electron chi connectivity index (χ1n) is 4.96. The lowest BCUT2D eigenvalue weighted by Gasteiger charge is -2.14. The summed E-state index contributed by atoms with van der Waals surface area (Å²) in [6.07, 6.45) is 1.12. The van der Waals surface area contributed by atoms with E-state index in [1.165, 1.54) is 5.56 Å². The van der Waals surface area contributed by atoms with Crippen molar-refractivity contribution in [3.63, 3.8) is 0 Å². The summed E-state index contributed by atoms with van der Waals surface area (Å²) in [5, 5.41) is 0.798. The van der Waals surface area contributed by atoms with Crippen molar-refractivity contribution in [3.05, 3.63) is 34.9 Å². The van der Waals surface area contributed by atoms with Gasteiger partial charge >= 0.3 is 0 Å². The zero-order valence-corrected chi connectivity index (χ0v) is 10.1. The monoisotopic (exact) mass is 246 g/mol. The van der Waals surface area contributed by atoms with Gasteiger partial charge in [0.1, 0.15) is 0 Å². The van der Waals surface area contributed by atoms with Gasteiger partial charge in [-0.1, -0.05) is 23.7 Å². The average molecular weight is 247 g/mol. The first kappa shape index (κ1) is 12.8. The van der Waals surface area contributed by atoms with E-state index in [1.807, 2.05) is 12.1 Å². The molecule has 0 aliphatic carbocycles. The number of likely N-dealkylation sites (tertiary alicyclic amines) is 1. The summed E-state index contributed by atoms with van der Waals surface area (Å²) in [4.78, 5) is 2.38. The van der Waals surface area contributed by atoms with Gasteiger partial charge in [0.15, 0.2) is 0 Å². The second-order valence-electron chi connectivity index (χ2n) is 3.91. The van der Waals surface area contributed by atoms with Gasteiger partial charge in [0, 0.05) is 30.7 Å². The molecule has 0 aromatic heterocycles. The highest BCUT2D eigenvalue weighted by Gasteiger charge is 2.18. The van der Waals surface area contributed by atoms with Gasteiger partial charge in [-0.05, 0) is 24.1 Å². The smallest absolute Gasteiger partial charge is 0.0406 e. The molecule has 0 spiro atoms. The van der Waals surface area contributed by atoms with Gasteiger partial charge in [-0.3, -0.25) is 4.90 Å². The van der Waals surface area contributed by atoms with Crippen molar-refractivity contribution in [2.45, 2.75) is 19.0 Å². The summed E-state index contributed by atoms with van der Waals surface area (Å²) in [5.74, 6) is 0. The lowest BCUT2D eigenvalue weighted by molar-refractivity contribution is 0.327. The van der Waals surface area contributed by atoms with E-state index in [-0.39, 0.29) is 12.4 Å². The molecule has 0 saturated carbocycles. The summed E-state index contributed by atoms with van der Waals surface area (Å²) >= 11 is 5.82. The summed E-state index contributed by atoms with van der Waals surface area (Å²) in [7, 11) is 0. The first-order valence-corrected chi connectivity index (χ1v) is 5.34. The molecular weight excluding hydrogens is 231 g/mol. The Labute approximate surface area is 102 Å². The third kappa shape index (κ3) is 3.65. The third-order valence-corrected chi connectivity index (χ3v) is 2.88. The molecule has 2 nitrogen and oxygen atoms in total. The van der Waals surface area contributed by atoms with E-state index in [0.29, 0.717) is 6.04 Å². The van der Waals surface area contributed by atoms with Crippen molar-refractivity contribution in [3.8, 4) is 0 Å². The molecule has 1 atom stereocenters. The molecule has 0 amide bonds. The number of hydrogen-bond acceptors (Lipinski definition) is 2. The second kappa shape index (κ2) is 5.71. The molecule has 1 fully saturated rings. The largest absolute Gasteiger partial charge is 0.326 e. The normalized spacial score (nSPS) is 21.3. The van der Waals surface area contributed by atoms with Crippen molar-refractivity contribution >= 4 is 24.0 Å². The van der Waals surface area contributed by atoms with E-state index in [9.17, 15) is 0 Å². The Bertz CT molecular complexity index is 300.